The van der Waals surface area contributed by atoms with Gasteiger partial charge in [-0.1, -0.05) is 18.9 Å². The topological polar surface area (TPSA) is 26.3 Å². The highest BCUT2D eigenvalue weighted by Crippen LogP contribution is 2.25. The van der Waals surface area contributed by atoms with Crippen molar-refractivity contribution in [3.63, 3.8) is 0 Å². The Balaban J connectivity index is 1.97. The van der Waals surface area contributed by atoms with E-state index >= 15 is 0 Å². The Bertz CT molecular complexity index is 412. The van der Waals surface area contributed by atoms with Gasteiger partial charge in [0.1, 0.15) is 0 Å². The summed E-state index contributed by atoms with van der Waals surface area (Å²) in [4.78, 5) is 11.5. The Morgan fingerprint density at radius 1 is 1.29 bits per heavy atom. The molecule has 0 atom stereocenters. The van der Waals surface area contributed by atoms with Gasteiger partial charge in [0.2, 0.25) is 0 Å². The monoisotopic (exact) mass is 240 g/mol. The molecule has 1 aromatic rings. The van der Waals surface area contributed by atoms with Crippen molar-refractivity contribution in [1.82, 2.24) is 0 Å². The van der Waals surface area contributed by atoms with Crippen LogP contribution in [0.4, 0.5) is 8.78 Å². The van der Waals surface area contributed by atoms with Crippen LogP contribution in [0.15, 0.2) is 18.2 Å². The summed E-state index contributed by atoms with van der Waals surface area (Å²) in [7, 11) is 0. The number of rotatable bonds is 3. The van der Waals surface area contributed by atoms with Crippen molar-refractivity contribution >= 4 is 5.97 Å². The van der Waals surface area contributed by atoms with Crippen molar-refractivity contribution in [2.24, 2.45) is 5.92 Å². The maximum Gasteiger partial charge on any atom is 0.341 e. The summed E-state index contributed by atoms with van der Waals surface area (Å²) < 4.78 is 31.2. The smallest absolute Gasteiger partial charge is 0.341 e. The normalized spacial score (nSPS) is 16.1. The fraction of sp³-hybridized carbons (Fsp3) is 0.462. The number of carbonyl (C=O) groups is 1. The highest BCUT2D eigenvalue weighted by atomic mass is 19.2. The van der Waals surface area contributed by atoms with Gasteiger partial charge in [0.05, 0.1) is 12.2 Å². The third kappa shape index (κ3) is 2.81. The molecule has 0 aromatic heterocycles. The van der Waals surface area contributed by atoms with E-state index in [4.69, 9.17) is 4.74 Å². The number of carbonyl (C=O) groups excluding carboxylic acids is 1. The predicted octanol–water partition coefficient (Wildman–Crippen LogP) is 3.31. The Morgan fingerprint density at radius 2 is 2.00 bits per heavy atom. The molecule has 0 unspecified atom stereocenters. The first-order chi connectivity index (χ1) is 8.18. The molecule has 0 spiro atoms. The molecule has 0 radical (unpaired) electrons. The molecule has 17 heavy (non-hydrogen) atoms. The van der Waals surface area contributed by atoms with Crippen molar-refractivity contribution in [2.45, 2.75) is 25.7 Å². The molecular weight excluding hydrogens is 226 g/mol. The standard InChI is InChI=1S/C13H14F2O2/c14-11-7-3-6-10(12(11)15)13(16)17-8-9-4-1-2-5-9/h3,6-7,9H,1-2,4-5,8H2. The van der Waals surface area contributed by atoms with Crippen molar-refractivity contribution < 1.29 is 18.3 Å². The molecule has 1 aliphatic carbocycles. The quantitative estimate of drug-likeness (QED) is 0.757. The van der Waals surface area contributed by atoms with E-state index in [1.165, 1.54) is 12.1 Å². The average Bonchev–Trinajstić information content (AvgIpc) is 2.82. The third-order valence-corrected chi connectivity index (χ3v) is 3.10. The molecule has 0 amide bonds. The second kappa shape index (κ2) is 5.25. The molecule has 2 nitrogen and oxygen atoms in total. The number of hydrogen-bond acceptors (Lipinski definition) is 2. The van der Waals surface area contributed by atoms with Gasteiger partial charge in [-0.15, -0.1) is 0 Å². The lowest BCUT2D eigenvalue weighted by atomic mass is 10.1. The van der Waals surface area contributed by atoms with Gasteiger partial charge in [-0.2, -0.15) is 0 Å². The first-order valence-corrected chi connectivity index (χ1v) is 5.79. The van der Waals surface area contributed by atoms with E-state index in [0.717, 1.165) is 31.7 Å². The van der Waals surface area contributed by atoms with Gasteiger partial charge in [0, 0.05) is 0 Å². The SMILES string of the molecule is O=C(OCC1CCCC1)c1cccc(F)c1F. The van der Waals surface area contributed by atoms with E-state index in [1.807, 2.05) is 0 Å². The fourth-order valence-corrected chi connectivity index (χ4v) is 2.11. The molecule has 1 saturated carbocycles. The van der Waals surface area contributed by atoms with Crippen LogP contribution in [0.3, 0.4) is 0 Å². The minimum atomic E-state index is -1.14. The maximum atomic E-state index is 13.3. The van der Waals surface area contributed by atoms with Gasteiger partial charge >= 0.3 is 5.97 Å². The Hall–Kier alpha value is -1.45. The van der Waals surface area contributed by atoms with Crippen LogP contribution in [0, 0.1) is 17.6 Å². The second-order valence-electron chi connectivity index (χ2n) is 4.35. The molecule has 92 valence electrons. The minimum Gasteiger partial charge on any atom is -0.462 e. The van der Waals surface area contributed by atoms with Crippen LogP contribution in [0.2, 0.25) is 0 Å². The molecule has 0 saturated heterocycles. The zero-order chi connectivity index (χ0) is 12.3. The first kappa shape index (κ1) is 12.0. The maximum absolute atomic E-state index is 13.3. The summed E-state index contributed by atoms with van der Waals surface area (Å²) in [5, 5.41) is 0. The fourth-order valence-electron chi connectivity index (χ4n) is 2.11. The third-order valence-electron chi connectivity index (χ3n) is 3.10. The Labute approximate surface area is 98.6 Å². The molecule has 0 heterocycles. The number of esters is 1. The zero-order valence-corrected chi connectivity index (χ0v) is 9.42. The molecule has 0 N–H and O–H groups in total. The predicted molar refractivity (Wildman–Crippen MR) is 58.6 cm³/mol. The van der Waals surface area contributed by atoms with Crippen molar-refractivity contribution in [3.05, 3.63) is 35.4 Å². The van der Waals surface area contributed by atoms with E-state index < -0.39 is 17.6 Å². The summed E-state index contributed by atoms with van der Waals surface area (Å²) >= 11 is 0. The molecular formula is C13H14F2O2. The number of ether oxygens (including phenoxy) is 1. The Morgan fingerprint density at radius 3 is 2.71 bits per heavy atom. The van der Waals surface area contributed by atoms with E-state index in [9.17, 15) is 13.6 Å². The van der Waals surface area contributed by atoms with Crippen LogP contribution in [0.5, 0.6) is 0 Å². The summed E-state index contributed by atoms with van der Waals surface area (Å²) in [6, 6.07) is 3.50. The van der Waals surface area contributed by atoms with E-state index in [-0.39, 0.29) is 5.56 Å². The summed E-state index contributed by atoms with van der Waals surface area (Å²) in [6.45, 7) is 0.300. The number of benzene rings is 1. The van der Waals surface area contributed by atoms with Gasteiger partial charge in [0.15, 0.2) is 11.6 Å². The minimum absolute atomic E-state index is 0.300. The molecule has 2 rings (SSSR count). The molecule has 1 aromatic carbocycles. The van der Waals surface area contributed by atoms with Crippen LogP contribution in [-0.2, 0) is 4.74 Å². The highest BCUT2D eigenvalue weighted by Gasteiger charge is 2.20. The van der Waals surface area contributed by atoms with Gasteiger partial charge in [-0.25, -0.2) is 13.6 Å². The molecule has 4 heteroatoms. The van der Waals surface area contributed by atoms with Crippen LogP contribution < -0.4 is 0 Å². The largest absolute Gasteiger partial charge is 0.462 e. The first-order valence-electron chi connectivity index (χ1n) is 5.79. The van der Waals surface area contributed by atoms with Crippen molar-refractivity contribution in [2.75, 3.05) is 6.61 Å². The average molecular weight is 240 g/mol. The number of hydrogen-bond donors (Lipinski definition) is 0. The van der Waals surface area contributed by atoms with Crippen LogP contribution in [0.25, 0.3) is 0 Å². The zero-order valence-electron chi connectivity index (χ0n) is 9.42. The van der Waals surface area contributed by atoms with Gasteiger partial charge < -0.3 is 4.74 Å². The van der Waals surface area contributed by atoms with Gasteiger partial charge in [-0.3, -0.25) is 0 Å². The molecule has 1 fully saturated rings. The summed E-state index contributed by atoms with van der Waals surface area (Å²) in [5.41, 5.74) is -0.331. The van der Waals surface area contributed by atoms with Crippen LogP contribution >= 0.6 is 0 Å². The van der Waals surface area contributed by atoms with Crippen LogP contribution in [-0.4, -0.2) is 12.6 Å². The van der Waals surface area contributed by atoms with Gasteiger partial charge in [-0.05, 0) is 30.9 Å². The number of halogens is 2. The van der Waals surface area contributed by atoms with Gasteiger partial charge in [0.25, 0.3) is 0 Å². The lowest BCUT2D eigenvalue weighted by Gasteiger charge is -2.10. The molecule has 1 aliphatic rings. The lowest BCUT2D eigenvalue weighted by Crippen LogP contribution is -2.13. The highest BCUT2D eigenvalue weighted by molar-refractivity contribution is 5.89. The Kier molecular flexibility index (Phi) is 3.71. The summed E-state index contributed by atoms with van der Waals surface area (Å²) in [5.74, 6) is -2.58. The van der Waals surface area contributed by atoms with Crippen molar-refractivity contribution in [1.29, 1.82) is 0 Å². The van der Waals surface area contributed by atoms with E-state index in [0.29, 0.717) is 12.5 Å². The summed E-state index contributed by atoms with van der Waals surface area (Å²) in [6.07, 6.45) is 4.38. The van der Waals surface area contributed by atoms with E-state index in [1.54, 1.807) is 0 Å². The van der Waals surface area contributed by atoms with Crippen molar-refractivity contribution in [3.8, 4) is 0 Å². The lowest BCUT2D eigenvalue weighted by molar-refractivity contribution is 0.0436. The molecule has 0 bridgehead atoms. The van der Waals surface area contributed by atoms with Crippen LogP contribution in [0.1, 0.15) is 36.0 Å². The second-order valence-corrected chi connectivity index (χ2v) is 4.35. The van der Waals surface area contributed by atoms with E-state index in [2.05, 4.69) is 0 Å². The molecule has 0 aliphatic heterocycles.